The van der Waals surface area contributed by atoms with E-state index in [9.17, 15) is 4.79 Å². The Morgan fingerprint density at radius 1 is 1.29 bits per heavy atom. The number of carbonyl (C=O) groups excluding carboxylic acids is 1. The Morgan fingerprint density at radius 2 is 2.05 bits per heavy atom. The molecule has 0 aliphatic carbocycles. The zero-order valence-electron chi connectivity index (χ0n) is 12.0. The van der Waals surface area contributed by atoms with Crippen LogP contribution in [0.3, 0.4) is 0 Å². The van der Waals surface area contributed by atoms with Gasteiger partial charge in [0, 0.05) is 16.7 Å². The van der Waals surface area contributed by atoms with E-state index in [-0.39, 0.29) is 5.91 Å². The molecule has 1 aromatic carbocycles. The van der Waals surface area contributed by atoms with Crippen molar-refractivity contribution in [1.82, 2.24) is 15.3 Å². The first-order valence-electron chi connectivity index (χ1n) is 6.75. The van der Waals surface area contributed by atoms with E-state index >= 15 is 0 Å². The van der Waals surface area contributed by atoms with E-state index in [1.165, 1.54) is 0 Å². The summed E-state index contributed by atoms with van der Waals surface area (Å²) in [6, 6.07) is 9.35. The highest BCUT2D eigenvalue weighted by molar-refractivity contribution is 9.10. The van der Waals surface area contributed by atoms with E-state index in [1.54, 1.807) is 6.07 Å². The van der Waals surface area contributed by atoms with Crippen LogP contribution in [0.2, 0.25) is 0 Å². The van der Waals surface area contributed by atoms with Gasteiger partial charge >= 0.3 is 0 Å². The molecule has 110 valence electrons. The number of hydrogen-bond donors (Lipinski definition) is 2. The number of rotatable bonds is 5. The van der Waals surface area contributed by atoms with Gasteiger partial charge in [0.25, 0.3) is 5.91 Å². The predicted molar refractivity (Wildman–Crippen MR) is 86.8 cm³/mol. The molecular formula is C15H17BrN4O. The van der Waals surface area contributed by atoms with E-state index in [1.807, 2.05) is 38.1 Å². The van der Waals surface area contributed by atoms with Gasteiger partial charge < -0.3 is 10.6 Å². The van der Waals surface area contributed by atoms with Crippen LogP contribution in [0.1, 0.15) is 29.5 Å². The third-order valence-corrected chi connectivity index (χ3v) is 3.43. The maximum absolute atomic E-state index is 12.0. The van der Waals surface area contributed by atoms with Gasteiger partial charge in [-0.25, -0.2) is 9.97 Å². The minimum absolute atomic E-state index is 0.183. The number of aromatic nitrogens is 2. The summed E-state index contributed by atoms with van der Waals surface area (Å²) in [6.07, 6.45) is 0.887. The first-order chi connectivity index (χ1) is 10.1. The minimum Gasteiger partial charge on any atom is -0.351 e. The SMILES string of the molecule is CCCNC(=O)c1cc(C)nc(Nc2ccccc2Br)n1. The maximum Gasteiger partial charge on any atom is 0.270 e. The van der Waals surface area contributed by atoms with Crippen LogP contribution >= 0.6 is 15.9 Å². The summed E-state index contributed by atoms with van der Waals surface area (Å²) in [5, 5.41) is 5.93. The lowest BCUT2D eigenvalue weighted by Gasteiger charge is -2.09. The fourth-order valence-corrected chi connectivity index (χ4v) is 2.14. The summed E-state index contributed by atoms with van der Waals surface area (Å²) in [6.45, 7) is 4.48. The Labute approximate surface area is 132 Å². The quantitative estimate of drug-likeness (QED) is 0.868. The molecule has 0 aliphatic rings. The lowest BCUT2D eigenvalue weighted by molar-refractivity contribution is 0.0948. The van der Waals surface area contributed by atoms with Gasteiger partial charge in [0.2, 0.25) is 5.95 Å². The second kappa shape index (κ2) is 7.17. The van der Waals surface area contributed by atoms with Crippen LogP contribution in [-0.4, -0.2) is 22.4 Å². The standard InChI is InChI=1S/C15H17BrN4O/c1-3-8-17-14(21)13-9-10(2)18-15(20-13)19-12-7-5-4-6-11(12)16/h4-7,9H,3,8H2,1-2H3,(H,17,21)(H,18,19,20). The fourth-order valence-electron chi connectivity index (χ4n) is 1.75. The van der Waals surface area contributed by atoms with Crippen molar-refractivity contribution >= 4 is 33.5 Å². The molecule has 0 saturated heterocycles. The number of benzene rings is 1. The lowest BCUT2D eigenvalue weighted by Crippen LogP contribution is -2.25. The number of nitrogens with one attached hydrogen (secondary N) is 2. The average Bonchev–Trinajstić information content (AvgIpc) is 2.46. The summed E-state index contributed by atoms with van der Waals surface area (Å²) in [4.78, 5) is 20.6. The largest absolute Gasteiger partial charge is 0.351 e. The second-order valence-electron chi connectivity index (χ2n) is 4.58. The number of aryl methyl sites for hydroxylation is 1. The van der Waals surface area contributed by atoms with Crippen molar-refractivity contribution in [3.05, 3.63) is 46.2 Å². The second-order valence-corrected chi connectivity index (χ2v) is 5.43. The van der Waals surface area contributed by atoms with Crippen LogP contribution in [0.5, 0.6) is 0 Å². The monoisotopic (exact) mass is 348 g/mol. The average molecular weight is 349 g/mol. The Hall–Kier alpha value is -1.95. The lowest BCUT2D eigenvalue weighted by atomic mass is 10.3. The molecule has 0 saturated carbocycles. The predicted octanol–water partition coefficient (Wildman–Crippen LogP) is 3.43. The van der Waals surface area contributed by atoms with Crippen molar-refractivity contribution in [2.75, 3.05) is 11.9 Å². The molecule has 0 bridgehead atoms. The molecule has 0 radical (unpaired) electrons. The third-order valence-electron chi connectivity index (χ3n) is 2.74. The molecule has 2 aromatic rings. The number of para-hydroxylation sites is 1. The van der Waals surface area contributed by atoms with E-state index in [2.05, 4.69) is 36.5 Å². The molecule has 0 fully saturated rings. The Morgan fingerprint density at radius 3 is 2.76 bits per heavy atom. The van der Waals surface area contributed by atoms with Crippen LogP contribution in [0, 0.1) is 6.92 Å². The number of halogens is 1. The van der Waals surface area contributed by atoms with Gasteiger partial charge in [0.1, 0.15) is 5.69 Å². The van der Waals surface area contributed by atoms with Gasteiger partial charge in [-0.3, -0.25) is 4.79 Å². The highest BCUT2D eigenvalue weighted by Gasteiger charge is 2.10. The van der Waals surface area contributed by atoms with Crippen LogP contribution < -0.4 is 10.6 Å². The number of carbonyl (C=O) groups is 1. The van der Waals surface area contributed by atoms with Crippen LogP contribution in [0.25, 0.3) is 0 Å². The van der Waals surface area contributed by atoms with Gasteiger partial charge in [0.05, 0.1) is 5.69 Å². The number of amides is 1. The minimum atomic E-state index is -0.183. The molecule has 0 atom stereocenters. The van der Waals surface area contributed by atoms with E-state index < -0.39 is 0 Å². The molecule has 0 spiro atoms. The van der Waals surface area contributed by atoms with Crippen molar-refractivity contribution in [3.63, 3.8) is 0 Å². The van der Waals surface area contributed by atoms with Gasteiger partial charge in [-0.1, -0.05) is 19.1 Å². The van der Waals surface area contributed by atoms with Crippen LogP contribution in [0.15, 0.2) is 34.8 Å². The Balaban J connectivity index is 2.23. The van der Waals surface area contributed by atoms with Gasteiger partial charge in [-0.2, -0.15) is 0 Å². The maximum atomic E-state index is 12.0. The summed E-state index contributed by atoms with van der Waals surface area (Å²) >= 11 is 3.46. The molecule has 6 heteroatoms. The Kier molecular flexibility index (Phi) is 5.27. The van der Waals surface area contributed by atoms with Crippen molar-refractivity contribution in [3.8, 4) is 0 Å². The molecule has 1 heterocycles. The zero-order chi connectivity index (χ0) is 15.2. The van der Waals surface area contributed by atoms with Gasteiger partial charge in [0.15, 0.2) is 0 Å². The summed E-state index contributed by atoms with van der Waals surface area (Å²) < 4.78 is 0.909. The fraction of sp³-hybridized carbons (Fsp3) is 0.267. The van der Waals surface area contributed by atoms with Crippen molar-refractivity contribution in [1.29, 1.82) is 0 Å². The van der Waals surface area contributed by atoms with Gasteiger partial charge in [-0.15, -0.1) is 0 Å². The Bertz CT molecular complexity index is 645. The van der Waals surface area contributed by atoms with E-state index in [4.69, 9.17) is 0 Å². The summed E-state index contributed by atoms with van der Waals surface area (Å²) in [5.41, 5.74) is 1.95. The number of anilines is 2. The molecule has 5 nitrogen and oxygen atoms in total. The topological polar surface area (TPSA) is 66.9 Å². The van der Waals surface area contributed by atoms with Crippen molar-refractivity contribution < 1.29 is 4.79 Å². The van der Waals surface area contributed by atoms with E-state index in [0.29, 0.717) is 18.2 Å². The third kappa shape index (κ3) is 4.26. The van der Waals surface area contributed by atoms with Crippen LogP contribution in [-0.2, 0) is 0 Å². The van der Waals surface area contributed by atoms with Crippen LogP contribution in [0.4, 0.5) is 11.6 Å². The smallest absolute Gasteiger partial charge is 0.270 e. The highest BCUT2D eigenvalue weighted by Crippen LogP contribution is 2.23. The molecule has 0 aliphatic heterocycles. The number of hydrogen-bond acceptors (Lipinski definition) is 4. The van der Waals surface area contributed by atoms with Crippen molar-refractivity contribution in [2.45, 2.75) is 20.3 Å². The van der Waals surface area contributed by atoms with Gasteiger partial charge in [-0.05, 0) is 47.5 Å². The molecule has 1 aromatic heterocycles. The molecule has 21 heavy (non-hydrogen) atoms. The van der Waals surface area contributed by atoms with E-state index in [0.717, 1.165) is 22.3 Å². The molecule has 1 amide bonds. The first-order valence-corrected chi connectivity index (χ1v) is 7.55. The normalized spacial score (nSPS) is 10.2. The summed E-state index contributed by atoms with van der Waals surface area (Å²) in [7, 11) is 0. The zero-order valence-corrected chi connectivity index (χ0v) is 13.6. The molecule has 2 rings (SSSR count). The number of nitrogens with zero attached hydrogens (tertiary/aromatic N) is 2. The van der Waals surface area contributed by atoms with Crippen molar-refractivity contribution in [2.24, 2.45) is 0 Å². The highest BCUT2D eigenvalue weighted by atomic mass is 79.9. The first kappa shape index (κ1) is 15.4. The molecule has 2 N–H and O–H groups in total. The molecule has 0 unspecified atom stereocenters. The molecular weight excluding hydrogens is 332 g/mol. The summed E-state index contributed by atoms with van der Waals surface area (Å²) in [5.74, 6) is 0.223.